The first kappa shape index (κ1) is 10.0. The first-order valence-electron chi connectivity index (χ1n) is 5.62. The Hall–Kier alpha value is -1.16. The number of nitrogens with one attached hydrogen (secondary N) is 1. The largest absolute Gasteiger partial charge is 0.330 e. The van der Waals surface area contributed by atoms with Crippen molar-refractivity contribution in [3.63, 3.8) is 0 Å². The third kappa shape index (κ3) is 1.57. The fraction of sp³-hybridized carbons (Fsp3) is 0.417. The van der Waals surface area contributed by atoms with Crippen LogP contribution in [0, 0.1) is 16.5 Å². The molecule has 0 bridgehead atoms. The second-order valence-corrected chi connectivity index (χ2v) is 4.89. The van der Waals surface area contributed by atoms with Crippen molar-refractivity contribution in [3.8, 4) is 0 Å². The minimum Gasteiger partial charge on any atom is -0.330 e. The van der Waals surface area contributed by atoms with Gasteiger partial charge in [0, 0.05) is 6.54 Å². The standard InChI is InChI=1S/C12H13FN2S/c13-9-4-5-11-10(6-9)14-12(16)15(11)7-8-2-1-3-8/h4-6,8H,1-3,7H2,(H,14,16). The van der Waals surface area contributed by atoms with Gasteiger partial charge in [-0.25, -0.2) is 4.39 Å². The smallest absolute Gasteiger partial charge is 0.178 e. The summed E-state index contributed by atoms with van der Waals surface area (Å²) in [6.07, 6.45) is 3.90. The van der Waals surface area contributed by atoms with Gasteiger partial charge < -0.3 is 9.55 Å². The maximum Gasteiger partial charge on any atom is 0.178 e. The van der Waals surface area contributed by atoms with Crippen LogP contribution >= 0.6 is 12.2 Å². The van der Waals surface area contributed by atoms with Crippen LogP contribution in [0.2, 0.25) is 0 Å². The number of fused-ring (bicyclic) bond motifs is 1. The van der Waals surface area contributed by atoms with Gasteiger partial charge >= 0.3 is 0 Å². The van der Waals surface area contributed by atoms with Crippen LogP contribution in [0.4, 0.5) is 4.39 Å². The summed E-state index contributed by atoms with van der Waals surface area (Å²) in [7, 11) is 0. The molecule has 84 valence electrons. The van der Waals surface area contributed by atoms with E-state index < -0.39 is 0 Å². The molecule has 1 fully saturated rings. The number of rotatable bonds is 2. The van der Waals surface area contributed by atoms with Gasteiger partial charge in [0.15, 0.2) is 4.77 Å². The number of benzene rings is 1. The van der Waals surface area contributed by atoms with Gasteiger partial charge in [0.1, 0.15) is 5.82 Å². The Morgan fingerprint density at radius 2 is 2.25 bits per heavy atom. The molecule has 1 N–H and O–H groups in total. The Labute approximate surface area is 98.1 Å². The maximum absolute atomic E-state index is 13.1. The molecule has 0 amide bonds. The zero-order chi connectivity index (χ0) is 11.1. The number of H-pyrrole nitrogens is 1. The monoisotopic (exact) mass is 236 g/mol. The fourth-order valence-corrected chi connectivity index (χ4v) is 2.53. The van der Waals surface area contributed by atoms with E-state index in [2.05, 4.69) is 9.55 Å². The predicted octanol–water partition coefficient (Wildman–Crippen LogP) is 3.64. The van der Waals surface area contributed by atoms with Gasteiger partial charge in [-0.1, -0.05) is 6.42 Å². The van der Waals surface area contributed by atoms with Crippen molar-refractivity contribution in [2.24, 2.45) is 5.92 Å². The summed E-state index contributed by atoms with van der Waals surface area (Å²) in [6, 6.07) is 4.79. The van der Waals surface area contributed by atoms with E-state index in [9.17, 15) is 4.39 Å². The topological polar surface area (TPSA) is 20.7 Å². The van der Waals surface area contributed by atoms with Gasteiger partial charge in [-0.15, -0.1) is 0 Å². The van der Waals surface area contributed by atoms with Gasteiger partial charge in [-0.3, -0.25) is 0 Å². The highest BCUT2D eigenvalue weighted by atomic mass is 32.1. The van der Waals surface area contributed by atoms with Crippen molar-refractivity contribution < 1.29 is 4.39 Å². The number of halogens is 1. The van der Waals surface area contributed by atoms with E-state index >= 15 is 0 Å². The average molecular weight is 236 g/mol. The third-order valence-corrected chi connectivity index (χ3v) is 3.72. The molecule has 1 aliphatic rings. The summed E-state index contributed by atoms with van der Waals surface area (Å²) in [6.45, 7) is 0.963. The molecule has 0 unspecified atom stereocenters. The minimum absolute atomic E-state index is 0.223. The normalized spacial score (nSPS) is 16.6. The number of hydrogen-bond acceptors (Lipinski definition) is 1. The molecule has 0 atom stereocenters. The molecule has 4 heteroatoms. The van der Waals surface area contributed by atoms with Crippen molar-refractivity contribution in [2.75, 3.05) is 0 Å². The van der Waals surface area contributed by atoms with Crippen LogP contribution in [0.15, 0.2) is 18.2 Å². The minimum atomic E-state index is -0.223. The summed E-state index contributed by atoms with van der Waals surface area (Å²) < 4.78 is 15.8. The van der Waals surface area contributed by atoms with Crippen LogP contribution in [0.3, 0.4) is 0 Å². The summed E-state index contributed by atoms with van der Waals surface area (Å²) >= 11 is 5.27. The van der Waals surface area contributed by atoms with Crippen molar-refractivity contribution in [2.45, 2.75) is 25.8 Å². The maximum atomic E-state index is 13.1. The highest BCUT2D eigenvalue weighted by molar-refractivity contribution is 7.71. The van der Waals surface area contributed by atoms with Crippen LogP contribution in [-0.2, 0) is 6.54 Å². The molecule has 0 radical (unpaired) electrons. The molecular formula is C12H13FN2S. The van der Waals surface area contributed by atoms with Gasteiger partial charge in [-0.2, -0.15) is 0 Å². The number of aromatic amines is 1. The average Bonchev–Trinajstić information content (AvgIpc) is 2.47. The van der Waals surface area contributed by atoms with Crippen molar-refractivity contribution in [3.05, 3.63) is 28.8 Å². The van der Waals surface area contributed by atoms with E-state index in [-0.39, 0.29) is 5.82 Å². The molecule has 1 aromatic heterocycles. The van der Waals surface area contributed by atoms with Crippen molar-refractivity contribution in [1.82, 2.24) is 9.55 Å². The molecule has 1 saturated carbocycles. The summed E-state index contributed by atoms with van der Waals surface area (Å²) in [4.78, 5) is 3.06. The number of nitrogens with zero attached hydrogens (tertiary/aromatic N) is 1. The molecule has 2 nitrogen and oxygen atoms in total. The first-order chi connectivity index (χ1) is 7.74. The summed E-state index contributed by atoms with van der Waals surface area (Å²) in [5.74, 6) is 0.523. The summed E-state index contributed by atoms with van der Waals surface area (Å²) in [5.41, 5.74) is 1.81. The predicted molar refractivity (Wildman–Crippen MR) is 64.4 cm³/mol. The Kier molecular flexibility index (Phi) is 2.32. The molecule has 0 saturated heterocycles. The second kappa shape index (κ2) is 3.70. The van der Waals surface area contributed by atoms with Gasteiger partial charge in [0.2, 0.25) is 0 Å². The lowest BCUT2D eigenvalue weighted by Gasteiger charge is -2.25. The van der Waals surface area contributed by atoms with E-state index in [1.807, 2.05) is 0 Å². The lowest BCUT2D eigenvalue weighted by Crippen LogP contribution is -2.17. The third-order valence-electron chi connectivity index (χ3n) is 3.40. The molecule has 2 aromatic rings. The number of imidazole rings is 1. The van der Waals surface area contributed by atoms with Gasteiger partial charge in [0.05, 0.1) is 11.0 Å². The number of aromatic nitrogens is 2. The molecule has 1 aromatic carbocycles. The lowest BCUT2D eigenvalue weighted by atomic mass is 9.85. The van der Waals surface area contributed by atoms with E-state index in [4.69, 9.17) is 12.2 Å². The molecule has 1 heterocycles. The van der Waals surface area contributed by atoms with Gasteiger partial charge in [-0.05, 0) is 49.2 Å². The van der Waals surface area contributed by atoms with E-state index in [1.54, 1.807) is 6.07 Å². The highest BCUT2D eigenvalue weighted by Crippen LogP contribution is 2.29. The van der Waals surface area contributed by atoms with Gasteiger partial charge in [0.25, 0.3) is 0 Å². The molecule has 0 aliphatic heterocycles. The van der Waals surface area contributed by atoms with Crippen LogP contribution < -0.4 is 0 Å². The van der Waals surface area contributed by atoms with E-state index in [0.717, 1.165) is 23.5 Å². The zero-order valence-electron chi connectivity index (χ0n) is 8.87. The first-order valence-corrected chi connectivity index (χ1v) is 6.03. The zero-order valence-corrected chi connectivity index (χ0v) is 9.69. The molecule has 0 spiro atoms. The van der Waals surface area contributed by atoms with E-state index in [1.165, 1.54) is 31.4 Å². The SMILES string of the molecule is Fc1ccc2c(c1)[nH]c(=S)n2CC1CCC1. The summed E-state index contributed by atoms with van der Waals surface area (Å²) in [5, 5.41) is 0. The molecule has 1 aliphatic carbocycles. The lowest BCUT2D eigenvalue weighted by molar-refractivity contribution is 0.278. The Bertz CT molecular complexity index is 580. The molecule has 3 rings (SSSR count). The van der Waals surface area contributed by atoms with Crippen LogP contribution in [-0.4, -0.2) is 9.55 Å². The Balaban J connectivity index is 2.08. The van der Waals surface area contributed by atoms with Crippen LogP contribution in [0.5, 0.6) is 0 Å². The van der Waals surface area contributed by atoms with Crippen molar-refractivity contribution >= 4 is 23.3 Å². The fourth-order valence-electron chi connectivity index (χ4n) is 2.25. The van der Waals surface area contributed by atoms with Crippen molar-refractivity contribution in [1.29, 1.82) is 0 Å². The molecular weight excluding hydrogens is 223 g/mol. The Morgan fingerprint density at radius 3 is 2.94 bits per heavy atom. The van der Waals surface area contributed by atoms with E-state index in [0.29, 0.717) is 4.77 Å². The number of hydrogen-bond donors (Lipinski definition) is 1. The highest BCUT2D eigenvalue weighted by Gasteiger charge is 2.19. The molecule has 16 heavy (non-hydrogen) atoms. The Morgan fingerprint density at radius 1 is 1.44 bits per heavy atom. The van der Waals surface area contributed by atoms with Crippen LogP contribution in [0.1, 0.15) is 19.3 Å². The van der Waals surface area contributed by atoms with Crippen LogP contribution in [0.25, 0.3) is 11.0 Å². The quantitative estimate of drug-likeness (QED) is 0.789. The second-order valence-electron chi connectivity index (χ2n) is 4.50.